The lowest BCUT2D eigenvalue weighted by Crippen LogP contribution is -2.25. The lowest BCUT2D eigenvalue weighted by atomic mass is 9.88. The number of unbranched alkanes of at least 4 members (excludes halogenated alkanes) is 10. The van der Waals surface area contributed by atoms with Gasteiger partial charge in [0.2, 0.25) is 0 Å². The van der Waals surface area contributed by atoms with Gasteiger partial charge in [0.05, 0.1) is 0 Å². The first-order valence-electron chi connectivity index (χ1n) is 12.3. The minimum absolute atomic E-state index is 0.0150. The Morgan fingerprint density at radius 3 is 1.83 bits per heavy atom. The van der Waals surface area contributed by atoms with Crippen molar-refractivity contribution in [2.24, 2.45) is 5.41 Å². The molecule has 0 aliphatic rings. The van der Waals surface area contributed by atoms with Gasteiger partial charge in [0.15, 0.2) is 0 Å². The van der Waals surface area contributed by atoms with Crippen molar-refractivity contribution >= 4 is 22.1 Å². The van der Waals surface area contributed by atoms with Gasteiger partial charge in [-0.2, -0.15) is 0 Å². The van der Waals surface area contributed by atoms with Crippen LogP contribution in [0.4, 0.5) is 4.79 Å². The van der Waals surface area contributed by atoms with Crippen molar-refractivity contribution in [2.75, 3.05) is 11.9 Å². The minimum Gasteiger partial charge on any atom is -0.434 e. The third-order valence-corrected chi connectivity index (χ3v) is 6.15. The Bertz CT molecular complexity index is 357. The number of hydrogen-bond acceptors (Lipinski definition) is 3. The molecule has 0 N–H and O–H groups in total. The van der Waals surface area contributed by atoms with Crippen LogP contribution in [-0.4, -0.2) is 24.2 Å². The van der Waals surface area contributed by atoms with Crippen LogP contribution < -0.4 is 0 Å². The van der Waals surface area contributed by atoms with Gasteiger partial charge in [0.1, 0.15) is 12.7 Å². The van der Waals surface area contributed by atoms with E-state index < -0.39 is 6.16 Å². The van der Waals surface area contributed by atoms with Gasteiger partial charge in [0.25, 0.3) is 0 Å². The van der Waals surface area contributed by atoms with Gasteiger partial charge in [-0.15, -0.1) is 0 Å². The highest BCUT2D eigenvalue weighted by atomic mass is 79.9. The molecule has 0 saturated carbocycles. The topological polar surface area (TPSA) is 35.5 Å². The summed E-state index contributed by atoms with van der Waals surface area (Å²) in [7, 11) is 0. The average Bonchev–Trinajstić information content (AvgIpc) is 2.69. The molecule has 0 amide bonds. The molecule has 0 spiro atoms. The van der Waals surface area contributed by atoms with Crippen molar-refractivity contribution in [3.63, 3.8) is 0 Å². The molecule has 29 heavy (non-hydrogen) atoms. The fourth-order valence-electron chi connectivity index (χ4n) is 3.58. The highest BCUT2D eigenvalue weighted by Gasteiger charge is 2.22. The molecular weight excluding hydrogens is 428 g/mol. The maximum absolute atomic E-state index is 12.3. The van der Waals surface area contributed by atoms with Crippen molar-refractivity contribution in [3.8, 4) is 0 Å². The maximum Gasteiger partial charge on any atom is 0.508 e. The second-order valence-corrected chi connectivity index (χ2v) is 10.1. The van der Waals surface area contributed by atoms with Crippen LogP contribution in [0.3, 0.4) is 0 Å². The number of carbonyl (C=O) groups is 1. The Labute approximate surface area is 190 Å². The summed E-state index contributed by atoms with van der Waals surface area (Å²) in [6, 6.07) is 0. The first-order valence-corrected chi connectivity index (χ1v) is 13.5. The summed E-state index contributed by atoms with van der Waals surface area (Å²) in [5, 5.41) is 1.06. The zero-order valence-corrected chi connectivity index (χ0v) is 21.5. The molecule has 0 aliphatic carbocycles. The molecule has 0 bridgehead atoms. The summed E-state index contributed by atoms with van der Waals surface area (Å²) in [5.41, 5.74) is 0.0150. The fourth-order valence-corrected chi connectivity index (χ4v) is 3.98. The van der Waals surface area contributed by atoms with Gasteiger partial charge in [-0.3, -0.25) is 0 Å². The average molecular weight is 478 g/mol. The van der Waals surface area contributed by atoms with Crippen LogP contribution in [0.25, 0.3) is 0 Å². The van der Waals surface area contributed by atoms with E-state index in [0.717, 1.165) is 37.4 Å². The molecule has 0 aromatic carbocycles. The zero-order chi connectivity index (χ0) is 21.8. The van der Waals surface area contributed by atoms with Gasteiger partial charge >= 0.3 is 6.16 Å². The van der Waals surface area contributed by atoms with Crippen molar-refractivity contribution in [1.82, 2.24) is 0 Å². The predicted octanol–water partition coefficient (Wildman–Crippen LogP) is 9.21. The number of rotatable bonds is 20. The molecule has 0 aliphatic heterocycles. The van der Waals surface area contributed by atoms with E-state index in [2.05, 4.69) is 43.6 Å². The molecule has 4 heteroatoms. The van der Waals surface area contributed by atoms with E-state index in [0.29, 0.717) is 6.61 Å². The molecule has 0 heterocycles. The van der Waals surface area contributed by atoms with Gasteiger partial charge < -0.3 is 9.47 Å². The van der Waals surface area contributed by atoms with E-state index in [-0.39, 0.29) is 11.5 Å². The van der Waals surface area contributed by atoms with E-state index in [4.69, 9.17) is 9.47 Å². The molecule has 0 aromatic rings. The van der Waals surface area contributed by atoms with Crippen molar-refractivity contribution < 1.29 is 14.3 Å². The molecular formula is C25H49BrO3. The molecule has 0 atom stereocenters. The summed E-state index contributed by atoms with van der Waals surface area (Å²) in [4.78, 5) is 12.3. The molecule has 0 rings (SSSR count). The third kappa shape index (κ3) is 19.5. The van der Waals surface area contributed by atoms with Crippen LogP contribution in [0.2, 0.25) is 0 Å². The lowest BCUT2D eigenvalue weighted by Gasteiger charge is -2.25. The molecule has 0 aromatic heterocycles. The molecule has 0 radical (unpaired) electrons. The Balaban J connectivity index is 4.25. The molecule has 0 unspecified atom stereocenters. The number of alkyl halides is 1. The van der Waals surface area contributed by atoms with Gasteiger partial charge in [0, 0.05) is 5.33 Å². The second kappa shape index (κ2) is 19.7. The highest BCUT2D eigenvalue weighted by molar-refractivity contribution is 9.09. The van der Waals surface area contributed by atoms with Crippen LogP contribution in [0.5, 0.6) is 0 Å². The highest BCUT2D eigenvalue weighted by Crippen LogP contribution is 2.25. The monoisotopic (exact) mass is 476 g/mol. The minimum atomic E-state index is -0.467. The van der Waals surface area contributed by atoms with Crippen LogP contribution in [-0.2, 0) is 9.47 Å². The summed E-state index contributed by atoms with van der Waals surface area (Å²) < 4.78 is 11.2. The fraction of sp³-hybridized carbons (Fsp3) is 0.960. The summed E-state index contributed by atoms with van der Waals surface area (Å²) in [6.45, 7) is 9.27. The first-order chi connectivity index (χ1) is 13.9. The Kier molecular flexibility index (Phi) is 19.5. The smallest absolute Gasteiger partial charge is 0.434 e. The molecule has 0 fully saturated rings. The van der Waals surface area contributed by atoms with Crippen molar-refractivity contribution in [1.29, 1.82) is 0 Å². The zero-order valence-electron chi connectivity index (χ0n) is 19.9. The predicted molar refractivity (Wildman–Crippen MR) is 129 cm³/mol. The number of ether oxygens (including phenoxy) is 2. The summed E-state index contributed by atoms with van der Waals surface area (Å²) >= 11 is 3.48. The van der Waals surface area contributed by atoms with Crippen molar-refractivity contribution in [3.05, 3.63) is 0 Å². The third-order valence-electron chi connectivity index (χ3n) is 5.59. The van der Waals surface area contributed by atoms with E-state index in [9.17, 15) is 4.79 Å². The van der Waals surface area contributed by atoms with Gasteiger partial charge in [-0.25, -0.2) is 4.79 Å². The maximum atomic E-state index is 12.3. The largest absolute Gasteiger partial charge is 0.508 e. The lowest BCUT2D eigenvalue weighted by molar-refractivity contribution is -0.00270. The van der Waals surface area contributed by atoms with Crippen molar-refractivity contribution in [2.45, 2.75) is 137 Å². The summed E-state index contributed by atoms with van der Waals surface area (Å²) in [6.07, 6.45) is 18.6. The second-order valence-electron chi connectivity index (χ2n) is 9.35. The van der Waals surface area contributed by atoms with Crippen LogP contribution in [0.1, 0.15) is 130 Å². The van der Waals surface area contributed by atoms with E-state index in [1.807, 2.05) is 0 Å². The van der Waals surface area contributed by atoms with E-state index in [1.54, 1.807) is 0 Å². The molecule has 3 nitrogen and oxygen atoms in total. The number of halogens is 1. The molecule has 174 valence electrons. The number of hydrogen-bond donors (Lipinski definition) is 0. The van der Waals surface area contributed by atoms with Crippen LogP contribution >= 0.6 is 15.9 Å². The quantitative estimate of drug-likeness (QED) is 0.0996. The number of carbonyl (C=O) groups excluding carboxylic acids is 1. The normalized spacial score (nSPS) is 11.8. The molecule has 0 saturated heterocycles. The van der Waals surface area contributed by atoms with Crippen LogP contribution in [0, 0.1) is 5.41 Å². The van der Waals surface area contributed by atoms with E-state index >= 15 is 0 Å². The van der Waals surface area contributed by atoms with E-state index in [1.165, 1.54) is 70.6 Å². The van der Waals surface area contributed by atoms with Gasteiger partial charge in [-0.1, -0.05) is 108 Å². The Morgan fingerprint density at radius 2 is 1.31 bits per heavy atom. The Morgan fingerprint density at radius 1 is 0.793 bits per heavy atom. The van der Waals surface area contributed by atoms with Crippen LogP contribution in [0.15, 0.2) is 0 Å². The Hall–Kier alpha value is -0.250. The first kappa shape index (κ1) is 28.8. The summed E-state index contributed by atoms with van der Waals surface area (Å²) in [5.74, 6) is 0. The standard InChI is InChI=1S/C25H49BrO3/c1-5-7-9-11-14-18-23(19-15-12-10-8-6-2)29-24(27)28-22-25(3,4)20-16-13-17-21-26/h23H,5-22H2,1-4H3. The SMILES string of the molecule is CCCCCCCC(CCCCCCC)OC(=O)OCC(C)(C)CCCCCBr. The van der Waals surface area contributed by atoms with Gasteiger partial charge in [-0.05, 0) is 43.9 Å².